The topological polar surface area (TPSA) is 75.6 Å². The van der Waals surface area contributed by atoms with Crippen LogP contribution in [0.15, 0.2) is 0 Å². The molecule has 0 aromatic rings. The van der Waals surface area contributed by atoms with Gasteiger partial charge in [0.15, 0.2) is 0 Å². The molecule has 2 N–H and O–H groups in total. The van der Waals surface area contributed by atoms with E-state index in [2.05, 4.69) is 16.0 Å². The van der Waals surface area contributed by atoms with Gasteiger partial charge in [0.25, 0.3) is 0 Å². The van der Waals surface area contributed by atoms with Crippen molar-refractivity contribution in [3.05, 3.63) is 0 Å². The number of nitrogens with one attached hydrogen (secondary N) is 1. The van der Waals surface area contributed by atoms with E-state index in [0.717, 1.165) is 0 Å². The van der Waals surface area contributed by atoms with E-state index in [4.69, 9.17) is 6.42 Å². The Morgan fingerprint density at radius 3 is 2.53 bits per heavy atom. The summed E-state index contributed by atoms with van der Waals surface area (Å²) in [6.07, 6.45) is 5.91. The first kappa shape index (κ1) is 17.5. The standard InChI is InChI=1S/C14H23NO4/c1-5-6-7-8-11(14(18)19-4)15-13(17)12(16)9-10(2)3/h1,10-12,16H,6-9H2,2-4H3,(H,15,17)/t11-,12+/m1/s1. The van der Waals surface area contributed by atoms with Crippen molar-refractivity contribution in [2.45, 2.75) is 51.7 Å². The molecular weight excluding hydrogens is 246 g/mol. The van der Waals surface area contributed by atoms with E-state index < -0.39 is 24.0 Å². The first-order chi connectivity index (χ1) is 8.92. The van der Waals surface area contributed by atoms with Crippen LogP contribution in [0.4, 0.5) is 0 Å². The Bertz CT molecular complexity index is 333. The predicted molar refractivity (Wildman–Crippen MR) is 72.1 cm³/mol. The summed E-state index contributed by atoms with van der Waals surface area (Å²) in [7, 11) is 1.26. The van der Waals surface area contributed by atoms with Gasteiger partial charge in [0.2, 0.25) is 5.91 Å². The Hall–Kier alpha value is -1.54. The Morgan fingerprint density at radius 2 is 2.05 bits per heavy atom. The van der Waals surface area contributed by atoms with Crippen LogP contribution in [0.1, 0.15) is 39.5 Å². The van der Waals surface area contributed by atoms with Crippen molar-refractivity contribution < 1.29 is 19.4 Å². The first-order valence-electron chi connectivity index (χ1n) is 6.42. The van der Waals surface area contributed by atoms with Gasteiger partial charge in [-0.2, -0.15) is 0 Å². The molecule has 0 fully saturated rings. The molecule has 1 amide bonds. The van der Waals surface area contributed by atoms with Crippen LogP contribution in [-0.2, 0) is 14.3 Å². The lowest BCUT2D eigenvalue weighted by Crippen LogP contribution is -2.46. The molecular formula is C14H23NO4. The number of hydrogen-bond acceptors (Lipinski definition) is 4. The van der Waals surface area contributed by atoms with Gasteiger partial charge in [0.1, 0.15) is 12.1 Å². The van der Waals surface area contributed by atoms with Crippen molar-refractivity contribution in [2.75, 3.05) is 7.11 Å². The van der Waals surface area contributed by atoms with E-state index >= 15 is 0 Å². The molecule has 19 heavy (non-hydrogen) atoms. The van der Waals surface area contributed by atoms with Gasteiger partial charge in [-0.25, -0.2) is 4.79 Å². The highest BCUT2D eigenvalue weighted by Crippen LogP contribution is 2.07. The summed E-state index contributed by atoms with van der Waals surface area (Å²) in [6.45, 7) is 3.81. The number of unbranched alkanes of at least 4 members (excludes halogenated alkanes) is 1. The highest BCUT2D eigenvalue weighted by atomic mass is 16.5. The molecule has 0 aromatic carbocycles. The fourth-order valence-corrected chi connectivity index (χ4v) is 1.62. The molecule has 0 saturated carbocycles. The molecule has 0 aromatic heterocycles. The van der Waals surface area contributed by atoms with E-state index in [9.17, 15) is 14.7 Å². The highest BCUT2D eigenvalue weighted by Gasteiger charge is 2.24. The molecule has 0 saturated heterocycles. The maximum atomic E-state index is 11.7. The molecule has 0 spiro atoms. The van der Waals surface area contributed by atoms with Crippen LogP contribution >= 0.6 is 0 Å². The smallest absolute Gasteiger partial charge is 0.328 e. The molecule has 0 aliphatic heterocycles. The number of amides is 1. The lowest BCUT2D eigenvalue weighted by atomic mass is 10.0. The number of aliphatic hydroxyl groups is 1. The molecule has 0 heterocycles. The SMILES string of the molecule is C#CCCC[C@@H](NC(=O)[C@@H](O)CC(C)C)C(=O)OC. The number of methoxy groups -OCH3 is 1. The van der Waals surface area contributed by atoms with Gasteiger partial charge in [-0.15, -0.1) is 12.3 Å². The second-order valence-corrected chi connectivity index (χ2v) is 4.83. The number of rotatable bonds is 8. The maximum Gasteiger partial charge on any atom is 0.328 e. The number of carbonyl (C=O) groups is 2. The number of ether oxygens (including phenoxy) is 1. The van der Waals surface area contributed by atoms with Crippen LogP contribution in [0.5, 0.6) is 0 Å². The summed E-state index contributed by atoms with van der Waals surface area (Å²) in [6, 6.07) is -0.757. The Kier molecular flexibility index (Phi) is 8.64. The normalized spacial score (nSPS) is 13.5. The number of carbonyl (C=O) groups excluding carboxylic acids is 2. The quantitative estimate of drug-likeness (QED) is 0.389. The van der Waals surface area contributed by atoms with Crippen LogP contribution in [0, 0.1) is 18.3 Å². The van der Waals surface area contributed by atoms with Gasteiger partial charge in [0.05, 0.1) is 7.11 Å². The number of terminal acetylenes is 1. The van der Waals surface area contributed by atoms with E-state index in [1.54, 1.807) is 0 Å². The first-order valence-corrected chi connectivity index (χ1v) is 6.42. The van der Waals surface area contributed by atoms with Crippen LogP contribution in [0.25, 0.3) is 0 Å². The van der Waals surface area contributed by atoms with Gasteiger partial charge >= 0.3 is 5.97 Å². The number of aliphatic hydroxyl groups excluding tert-OH is 1. The molecule has 108 valence electrons. The third kappa shape index (κ3) is 7.47. The molecule has 0 radical (unpaired) electrons. The van der Waals surface area contributed by atoms with Crippen LogP contribution in [-0.4, -0.2) is 36.2 Å². The summed E-state index contributed by atoms with van der Waals surface area (Å²) in [5.41, 5.74) is 0. The van der Waals surface area contributed by atoms with Crippen molar-refractivity contribution in [3.63, 3.8) is 0 Å². The van der Waals surface area contributed by atoms with Crippen LogP contribution < -0.4 is 5.32 Å². The van der Waals surface area contributed by atoms with E-state index in [1.165, 1.54) is 7.11 Å². The fraction of sp³-hybridized carbons (Fsp3) is 0.714. The third-order valence-electron chi connectivity index (χ3n) is 2.61. The Morgan fingerprint density at radius 1 is 1.42 bits per heavy atom. The van der Waals surface area contributed by atoms with Crippen molar-refractivity contribution >= 4 is 11.9 Å². The minimum Gasteiger partial charge on any atom is -0.467 e. The minimum atomic E-state index is -1.11. The molecule has 2 atom stereocenters. The van der Waals surface area contributed by atoms with Crippen LogP contribution in [0.2, 0.25) is 0 Å². The molecule has 0 bridgehead atoms. The van der Waals surface area contributed by atoms with Crippen LogP contribution in [0.3, 0.4) is 0 Å². The average Bonchev–Trinajstić information content (AvgIpc) is 2.35. The Labute approximate surface area is 114 Å². The third-order valence-corrected chi connectivity index (χ3v) is 2.61. The van der Waals surface area contributed by atoms with Gasteiger partial charge in [-0.05, 0) is 25.2 Å². The number of esters is 1. The molecule has 0 unspecified atom stereocenters. The van der Waals surface area contributed by atoms with Crippen molar-refractivity contribution in [1.29, 1.82) is 0 Å². The van der Waals surface area contributed by atoms with Gasteiger partial charge in [-0.3, -0.25) is 4.79 Å². The zero-order chi connectivity index (χ0) is 14.8. The average molecular weight is 269 g/mol. The van der Waals surface area contributed by atoms with Crippen molar-refractivity contribution in [3.8, 4) is 12.3 Å². The number of hydrogen-bond donors (Lipinski definition) is 2. The lowest BCUT2D eigenvalue weighted by molar-refractivity contribution is -0.146. The molecule has 5 nitrogen and oxygen atoms in total. The summed E-state index contributed by atoms with van der Waals surface area (Å²) in [5, 5.41) is 12.2. The molecule has 5 heteroatoms. The van der Waals surface area contributed by atoms with Crippen molar-refractivity contribution in [2.24, 2.45) is 5.92 Å². The summed E-state index contributed by atoms with van der Waals surface area (Å²) in [4.78, 5) is 23.2. The second kappa shape index (κ2) is 9.40. The minimum absolute atomic E-state index is 0.193. The largest absolute Gasteiger partial charge is 0.467 e. The zero-order valence-corrected chi connectivity index (χ0v) is 11.8. The van der Waals surface area contributed by atoms with E-state index in [0.29, 0.717) is 25.7 Å². The fourth-order valence-electron chi connectivity index (χ4n) is 1.62. The highest BCUT2D eigenvalue weighted by molar-refractivity contribution is 5.86. The van der Waals surface area contributed by atoms with E-state index in [1.807, 2.05) is 13.8 Å². The Balaban J connectivity index is 4.42. The predicted octanol–water partition coefficient (Wildman–Crippen LogP) is 0.855. The zero-order valence-electron chi connectivity index (χ0n) is 11.8. The van der Waals surface area contributed by atoms with E-state index in [-0.39, 0.29) is 5.92 Å². The monoisotopic (exact) mass is 269 g/mol. The summed E-state index contributed by atoms with van der Waals surface area (Å²) in [5.74, 6) is 1.58. The molecule has 0 rings (SSSR count). The van der Waals surface area contributed by atoms with Crippen molar-refractivity contribution in [1.82, 2.24) is 5.32 Å². The maximum absolute atomic E-state index is 11.7. The molecule has 0 aliphatic rings. The lowest BCUT2D eigenvalue weighted by Gasteiger charge is -2.19. The molecule has 0 aliphatic carbocycles. The summed E-state index contributed by atoms with van der Waals surface area (Å²) >= 11 is 0. The summed E-state index contributed by atoms with van der Waals surface area (Å²) < 4.78 is 4.62. The van der Waals surface area contributed by atoms with Gasteiger partial charge < -0.3 is 15.2 Å². The second-order valence-electron chi connectivity index (χ2n) is 4.83. The van der Waals surface area contributed by atoms with Gasteiger partial charge in [-0.1, -0.05) is 13.8 Å². The van der Waals surface area contributed by atoms with Gasteiger partial charge in [0, 0.05) is 6.42 Å².